The zero-order valence-corrected chi connectivity index (χ0v) is 14.5. The minimum absolute atomic E-state index is 0.00495. The standard InChI is InChI=1S/C16H14Cl2N4O2/c1-22(2)12(23)8-24-10-5-3-9(4-6-10)15-20-14-13(18)11(17)7-19-16(14)21-15/h3-7H,8H2,1-2H3,(H,19,20,21). The number of aromatic amines is 1. The van der Waals surface area contributed by atoms with Gasteiger partial charge in [0.25, 0.3) is 5.91 Å². The van der Waals surface area contributed by atoms with Gasteiger partial charge in [0.1, 0.15) is 17.1 Å². The van der Waals surface area contributed by atoms with E-state index in [0.717, 1.165) is 5.56 Å². The molecular weight excluding hydrogens is 351 g/mol. The summed E-state index contributed by atoms with van der Waals surface area (Å²) >= 11 is 12.1. The average molecular weight is 365 g/mol. The predicted molar refractivity (Wildman–Crippen MR) is 93.5 cm³/mol. The number of benzene rings is 1. The molecule has 2 aromatic heterocycles. The fourth-order valence-corrected chi connectivity index (χ4v) is 2.35. The molecule has 3 rings (SSSR count). The number of halogens is 2. The molecule has 1 N–H and O–H groups in total. The summed E-state index contributed by atoms with van der Waals surface area (Å²) in [5.74, 6) is 1.12. The molecule has 0 aliphatic carbocycles. The van der Waals surface area contributed by atoms with Gasteiger partial charge in [-0.3, -0.25) is 4.79 Å². The maximum Gasteiger partial charge on any atom is 0.259 e. The average Bonchev–Trinajstić information content (AvgIpc) is 3.01. The number of pyridine rings is 1. The van der Waals surface area contributed by atoms with E-state index in [4.69, 9.17) is 27.9 Å². The molecule has 1 amide bonds. The third-order valence-electron chi connectivity index (χ3n) is 3.40. The number of amides is 1. The van der Waals surface area contributed by atoms with E-state index in [1.54, 1.807) is 26.2 Å². The Hall–Kier alpha value is -2.31. The molecule has 0 atom stereocenters. The number of nitrogens with one attached hydrogen (secondary N) is 1. The maximum absolute atomic E-state index is 11.5. The Morgan fingerprint density at radius 3 is 2.62 bits per heavy atom. The Bertz CT molecular complexity index is 891. The largest absolute Gasteiger partial charge is 0.484 e. The van der Waals surface area contributed by atoms with E-state index in [1.165, 1.54) is 11.1 Å². The first kappa shape index (κ1) is 16.5. The van der Waals surface area contributed by atoms with Gasteiger partial charge in [-0.2, -0.15) is 0 Å². The number of fused-ring (bicyclic) bond motifs is 1. The summed E-state index contributed by atoms with van der Waals surface area (Å²) in [6, 6.07) is 7.21. The Balaban J connectivity index is 1.81. The Morgan fingerprint density at radius 2 is 1.96 bits per heavy atom. The summed E-state index contributed by atoms with van der Waals surface area (Å²) in [7, 11) is 3.36. The van der Waals surface area contributed by atoms with Crippen LogP contribution in [0.25, 0.3) is 22.6 Å². The van der Waals surface area contributed by atoms with Crippen LogP contribution in [0.4, 0.5) is 0 Å². The van der Waals surface area contributed by atoms with Crippen molar-refractivity contribution in [3.8, 4) is 17.1 Å². The Morgan fingerprint density at radius 1 is 1.25 bits per heavy atom. The quantitative estimate of drug-likeness (QED) is 0.769. The van der Waals surface area contributed by atoms with E-state index < -0.39 is 0 Å². The topological polar surface area (TPSA) is 71.1 Å². The van der Waals surface area contributed by atoms with Crippen LogP contribution >= 0.6 is 23.2 Å². The third-order valence-corrected chi connectivity index (χ3v) is 4.18. The number of ether oxygens (including phenoxy) is 1. The smallest absolute Gasteiger partial charge is 0.259 e. The lowest BCUT2D eigenvalue weighted by molar-refractivity contribution is -0.130. The summed E-state index contributed by atoms with van der Waals surface area (Å²) in [4.78, 5) is 24.7. The second-order valence-corrected chi connectivity index (χ2v) is 6.09. The molecule has 3 aromatic rings. The van der Waals surface area contributed by atoms with Gasteiger partial charge in [0.15, 0.2) is 12.3 Å². The van der Waals surface area contributed by atoms with Crippen LogP contribution in [0.15, 0.2) is 30.5 Å². The van der Waals surface area contributed by atoms with Gasteiger partial charge >= 0.3 is 0 Å². The Kier molecular flexibility index (Phi) is 4.59. The van der Waals surface area contributed by atoms with Crippen molar-refractivity contribution in [1.82, 2.24) is 19.9 Å². The number of carbonyl (C=O) groups excluding carboxylic acids is 1. The first-order chi connectivity index (χ1) is 11.5. The lowest BCUT2D eigenvalue weighted by Crippen LogP contribution is -2.27. The van der Waals surface area contributed by atoms with Gasteiger partial charge in [0, 0.05) is 25.9 Å². The molecule has 0 saturated carbocycles. The fraction of sp³-hybridized carbons (Fsp3) is 0.188. The van der Waals surface area contributed by atoms with Gasteiger partial charge in [0.2, 0.25) is 0 Å². The normalized spacial score (nSPS) is 10.8. The molecule has 0 saturated heterocycles. The molecule has 0 aliphatic heterocycles. The number of aromatic nitrogens is 3. The molecule has 8 heteroatoms. The molecule has 0 aliphatic rings. The van der Waals surface area contributed by atoms with Crippen LogP contribution in [0.1, 0.15) is 0 Å². The molecule has 0 radical (unpaired) electrons. The van der Waals surface area contributed by atoms with Gasteiger partial charge in [0.05, 0.1) is 10.0 Å². The number of rotatable bonds is 4. The minimum Gasteiger partial charge on any atom is -0.484 e. The van der Waals surface area contributed by atoms with Crippen molar-refractivity contribution < 1.29 is 9.53 Å². The number of hydrogen-bond acceptors (Lipinski definition) is 4. The van der Waals surface area contributed by atoms with E-state index >= 15 is 0 Å². The number of nitrogens with zero attached hydrogens (tertiary/aromatic N) is 3. The maximum atomic E-state index is 11.5. The van der Waals surface area contributed by atoms with Gasteiger partial charge in [-0.1, -0.05) is 23.2 Å². The first-order valence-electron chi connectivity index (χ1n) is 7.09. The zero-order chi connectivity index (χ0) is 17.3. The molecule has 0 spiro atoms. The van der Waals surface area contributed by atoms with Crippen LogP contribution in [-0.4, -0.2) is 46.5 Å². The van der Waals surface area contributed by atoms with E-state index in [1.807, 2.05) is 12.1 Å². The molecule has 6 nitrogen and oxygen atoms in total. The van der Waals surface area contributed by atoms with E-state index in [-0.39, 0.29) is 12.5 Å². The third kappa shape index (κ3) is 3.29. The van der Waals surface area contributed by atoms with Crippen LogP contribution in [0, 0.1) is 0 Å². The van der Waals surface area contributed by atoms with Crippen LogP contribution in [-0.2, 0) is 4.79 Å². The molecule has 124 valence electrons. The van der Waals surface area contributed by atoms with Crippen molar-refractivity contribution in [2.24, 2.45) is 0 Å². The first-order valence-corrected chi connectivity index (χ1v) is 7.84. The molecule has 1 aromatic carbocycles. The van der Waals surface area contributed by atoms with Crippen molar-refractivity contribution in [2.45, 2.75) is 0 Å². The SMILES string of the molecule is CN(C)C(=O)COc1ccc(-c2nc3ncc(Cl)c(Cl)c3[nH]2)cc1. The highest BCUT2D eigenvalue weighted by Crippen LogP contribution is 2.30. The number of H-pyrrole nitrogens is 1. The summed E-state index contributed by atoms with van der Waals surface area (Å²) in [5.41, 5.74) is 1.93. The van der Waals surface area contributed by atoms with Gasteiger partial charge in [-0.15, -0.1) is 0 Å². The van der Waals surface area contributed by atoms with Gasteiger partial charge in [-0.05, 0) is 24.3 Å². The number of hydrogen-bond donors (Lipinski definition) is 1. The molecule has 0 unspecified atom stereocenters. The van der Waals surface area contributed by atoms with Gasteiger partial charge < -0.3 is 14.6 Å². The van der Waals surface area contributed by atoms with Gasteiger partial charge in [-0.25, -0.2) is 9.97 Å². The Labute approximate surface area is 148 Å². The van der Waals surface area contributed by atoms with Crippen LogP contribution in [0.5, 0.6) is 5.75 Å². The predicted octanol–water partition coefficient (Wildman–Crippen LogP) is 3.40. The lowest BCUT2D eigenvalue weighted by atomic mass is 10.2. The molecule has 2 heterocycles. The minimum atomic E-state index is -0.103. The van der Waals surface area contributed by atoms with E-state index in [2.05, 4.69) is 15.0 Å². The van der Waals surface area contributed by atoms with E-state index in [0.29, 0.717) is 32.8 Å². The van der Waals surface area contributed by atoms with Crippen LogP contribution < -0.4 is 4.74 Å². The molecule has 24 heavy (non-hydrogen) atoms. The molecule has 0 fully saturated rings. The van der Waals surface area contributed by atoms with Crippen molar-refractivity contribution in [3.05, 3.63) is 40.5 Å². The van der Waals surface area contributed by atoms with Crippen molar-refractivity contribution in [2.75, 3.05) is 20.7 Å². The number of carbonyl (C=O) groups is 1. The second-order valence-electron chi connectivity index (χ2n) is 5.31. The summed E-state index contributed by atoms with van der Waals surface area (Å²) in [6.45, 7) is -0.00495. The summed E-state index contributed by atoms with van der Waals surface area (Å²) in [5, 5.41) is 0.760. The van der Waals surface area contributed by atoms with Crippen molar-refractivity contribution in [3.63, 3.8) is 0 Å². The highest BCUT2D eigenvalue weighted by Gasteiger charge is 2.12. The number of likely N-dealkylation sites (N-methyl/N-ethyl adjacent to an activating group) is 1. The van der Waals surface area contributed by atoms with Crippen LogP contribution in [0.2, 0.25) is 10.0 Å². The van der Waals surface area contributed by atoms with E-state index in [9.17, 15) is 4.79 Å². The summed E-state index contributed by atoms with van der Waals surface area (Å²) < 4.78 is 5.44. The van der Waals surface area contributed by atoms with Crippen molar-refractivity contribution >= 4 is 40.3 Å². The highest BCUT2D eigenvalue weighted by molar-refractivity contribution is 6.44. The number of imidazole rings is 1. The lowest BCUT2D eigenvalue weighted by Gasteiger charge is -2.11. The summed E-state index contributed by atoms with van der Waals surface area (Å²) in [6.07, 6.45) is 1.47. The fourth-order valence-electron chi connectivity index (χ4n) is 2.02. The van der Waals surface area contributed by atoms with Crippen LogP contribution in [0.3, 0.4) is 0 Å². The van der Waals surface area contributed by atoms with Crippen molar-refractivity contribution in [1.29, 1.82) is 0 Å². The highest BCUT2D eigenvalue weighted by atomic mass is 35.5. The molecule has 0 bridgehead atoms. The second kappa shape index (κ2) is 6.67. The zero-order valence-electron chi connectivity index (χ0n) is 13.0. The monoisotopic (exact) mass is 364 g/mol. The molecular formula is C16H14Cl2N4O2.